The summed E-state index contributed by atoms with van der Waals surface area (Å²) >= 11 is 0. The first kappa shape index (κ1) is 25.2. The fourth-order valence-electron chi connectivity index (χ4n) is 5.43. The molecule has 0 radical (unpaired) electrons. The van der Waals surface area contributed by atoms with Crippen molar-refractivity contribution in [3.8, 4) is 5.75 Å². The van der Waals surface area contributed by atoms with Gasteiger partial charge in [0.05, 0.1) is 11.5 Å². The van der Waals surface area contributed by atoms with E-state index in [1.165, 1.54) is 17.7 Å². The van der Waals surface area contributed by atoms with Gasteiger partial charge in [0.25, 0.3) is 5.91 Å². The second-order valence-electron chi connectivity index (χ2n) is 10.5. The Morgan fingerprint density at radius 3 is 2.63 bits per heavy atom. The van der Waals surface area contributed by atoms with Crippen molar-refractivity contribution in [2.75, 3.05) is 19.7 Å². The average Bonchev–Trinajstić information content (AvgIpc) is 2.84. The summed E-state index contributed by atoms with van der Waals surface area (Å²) in [7, 11) is 0. The molecule has 1 fully saturated rings. The van der Waals surface area contributed by atoms with Gasteiger partial charge in [0.1, 0.15) is 18.2 Å². The van der Waals surface area contributed by atoms with Crippen LogP contribution in [0, 0.1) is 17.2 Å². The van der Waals surface area contributed by atoms with Crippen molar-refractivity contribution >= 4 is 11.8 Å². The molecule has 2 aliphatic heterocycles. The molecule has 2 heterocycles. The number of piperidine rings is 1. The summed E-state index contributed by atoms with van der Waals surface area (Å²) in [4.78, 5) is 28.4. The summed E-state index contributed by atoms with van der Waals surface area (Å²) in [5, 5.41) is 3.32. The van der Waals surface area contributed by atoms with Crippen LogP contribution in [0.15, 0.2) is 48.5 Å². The fourth-order valence-corrected chi connectivity index (χ4v) is 5.43. The molecule has 2 aliphatic rings. The number of para-hydroxylation sites is 1. The van der Waals surface area contributed by atoms with Gasteiger partial charge in [-0.3, -0.25) is 9.59 Å². The Bertz CT molecular complexity index is 1030. The lowest BCUT2D eigenvalue weighted by Crippen LogP contribution is -2.53. The second-order valence-corrected chi connectivity index (χ2v) is 10.5. The molecule has 0 unspecified atom stereocenters. The lowest BCUT2D eigenvalue weighted by atomic mass is 9.73. The zero-order chi connectivity index (χ0) is 24.8. The van der Waals surface area contributed by atoms with Crippen LogP contribution >= 0.6 is 0 Å². The number of benzene rings is 2. The molecule has 35 heavy (non-hydrogen) atoms. The van der Waals surface area contributed by atoms with Crippen LogP contribution in [0.25, 0.3) is 0 Å². The number of carbonyl (C=O) groups is 2. The largest absolute Gasteiger partial charge is 0.491 e. The van der Waals surface area contributed by atoms with Crippen molar-refractivity contribution in [3.05, 3.63) is 65.5 Å². The predicted octanol–water partition coefficient (Wildman–Crippen LogP) is 5.38. The van der Waals surface area contributed by atoms with Gasteiger partial charge in [-0.05, 0) is 74.3 Å². The van der Waals surface area contributed by atoms with Crippen LogP contribution in [-0.2, 0) is 11.2 Å². The topological polar surface area (TPSA) is 58.6 Å². The van der Waals surface area contributed by atoms with Gasteiger partial charge < -0.3 is 15.0 Å². The number of likely N-dealkylation sites (tertiary alicyclic amines) is 1. The quantitative estimate of drug-likeness (QED) is 0.641. The standard InChI is InChI=1S/C29H37FN2O3/c1-21(2)18-25-20-35-26-12-4-3-8-22(26)9-5-6-13-29(28(34)31-25)14-16-32(17-15-29)27(33)23-10-7-11-24(30)19-23/h3-4,7-8,10-12,19,21,25H,5-6,9,13-18,20H2,1-2H3,(H,31,34)/t25-/m0/s1. The number of amides is 2. The normalized spacial score (nSPS) is 20.9. The highest BCUT2D eigenvalue weighted by atomic mass is 19.1. The van der Waals surface area contributed by atoms with E-state index in [1.807, 2.05) is 18.2 Å². The predicted molar refractivity (Wildman–Crippen MR) is 135 cm³/mol. The first-order valence-corrected chi connectivity index (χ1v) is 12.9. The first-order valence-electron chi connectivity index (χ1n) is 12.9. The van der Waals surface area contributed by atoms with Crippen molar-refractivity contribution < 1.29 is 18.7 Å². The molecule has 0 bridgehead atoms. The highest BCUT2D eigenvalue weighted by Crippen LogP contribution is 2.38. The molecule has 0 aliphatic carbocycles. The van der Waals surface area contributed by atoms with E-state index in [2.05, 4.69) is 25.2 Å². The number of carbonyl (C=O) groups excluding carboxylic acids is 2. The first-order chi connectivity index (χ1) is 16.9. The Balaban J connectivity index is 1.50. The third-order valence-electron chi connectivity index (χ3n) is 7.42. The van der Waals surface area contributed by atoms with Crippen molar-refractivity contribution in [1.82, 2.24) is 10.2 Å². The van der Waals surface area contributed by atoms with Gasteiger partial charge in [-0.15, -0.1) is 0 Å². The summed E-state index contributed by atoms with van der Waals surface area (Å²) in [6.45, 7) is 5.75. The van der Waals surface area contributed by atoms with Crippen LogP contribution in [0.1, 0.15) is 68.3 Å². The van der Waals surface area contributed by atoms with Gasteiger partial charge in [0.2, 0.25) is 5.91 Å². The molecule has 0 aromatic heterocycles. The van der Waals surface area contributed by atoms with Gasteiger partial charge >= 0.3 is 0 Å². The lowest BCUT2D eigenvalue weighted by Gasteiger charge is -2.42. The van der Waals surface area contributed by atoms with E-state index in [0.29, 0.717) is 44.0 Å². The molecular weight excluding hydrogens is 443 g/mol. The smallest absolute Gasteiger partial charge is 0.253 e. The number of nitrogens with one attached hydrogen (secondary N) is 1. The van der Waals surface area contributed by atoms with E-state index in [-0.39, 0.29) is 17.9 Å². The number of halogens is 1. The van der Waals surface area contributed by atoms with E-state index in [0.717, 1.165) is 37.9 Å². The summed E-state index contributed by atoms with van der Waals surface area (Å²) in [5.41, 5.74) is 1.08. The lowest BCUT2D eigenvalue weighted by molar-refractivity contribution is -0.135. The van der Waals surface area contributed by atoms with Crippen molar-refractivity contribution in [1.29, 1.82) is 0 Å². The Morgan fingerprint density at radius 2 is 1.89 bits per heavy atom. The van der Waals surface area contributed by atoms with Crippen LogP contribution in [-0.4, -0.2) is 42.5 Å². The highest BCUT2D eigenvalue weighted by molar-refractivity contribution is 5.94. The van der Waals surface area contributed by atoms with E-state index in [4.69, 9.17) is 4.74 Å². The highest BCUT2D eigenvalue weighted by Gasteiger charge is 2.42. The number of nitrogens with zero attached hydrogens (tertiary/aromatic N) is 1. The van der Waals surface area contributed by atoms with Gasteiger partial charge in [-0.1, -0.05) is 44.5 Å². The number of aryl methyl sites for hydroxylation is 1. The maximum atomic E-state index is 13.7. The number of fused-ring (bicyclic) bond motifs is 1. The van der Waals surface area contributed by atoms with Crippen molar-refractivity contribution in [2.45, 2.75) is 64.8 Å². The van der Waals surface area contributed by atoms with E-state index in [1.54, 1.807) is 17.0 Å². The summed E-state index contributed by atoms with van der Waals surface area (Å²) in [6, 6.07) is 13.9. The van der Waals surface area contributed by atoms with Crippen LogP contribution < -0.4 is 10.1 Å². The molecule has 4 rings (SSSR count). The monoisotopic (exact) mass is 480 g/mol. The minimum absolute atomic E-state index is 0.0705. The molecule has 6 heteroatoms. The SMILES string of the molecule is CC(C)C[C@H]1COc2ccccc2CCCCC2(CCN(C(=O)c3cccc(F)c3)CC2)C(=O)N1. The Labute approximate surface area is 208 Å². The number of hydrogen-bond donors (Lipinski definition) is 1. The van der Waals surface area contributed by atoms with Gasteiger partial charge in [0, 0.05) is 18.7 Å². The van der Waals surface area contributed by atoms with Crippen molar-refractivity contribution in [2.24, 2.45) is 11.3 Å². The van der Waals surface area contributed by atoms with E-state index in [9.17, 15) is 14.0 Å². The Hall–Kier alpha value is -2.89. The second kappa shape index (κ2) is 11.2. The van der Waals surface area contributed by atoms with Crippen LogP contribution in [0.2, 0.25) is 0 Å². The van der Waals surface area contributed by atoms with Gasteiger partial charge in [-0.2, -0.15) is 0 Å². The zero-order valence-electron chi connectivity index (χ0n) is 20.9. The number of ether oxygens (including phenoxy) is 1. The molecule has 1 spiro atoms. The number of rotatable bonds is 3. The molecular formula is C29H37FN2O3. The maximum absolute atomic E-state index is 13.7. The van der Waals surface area contributed by atoms with Crippen LogP contribution in [0.3, 0.4) is 0 Å². The Kier molecular flexibility index (Phi) is 8.09. The van der Waals surface area contributed by atoms with Gasteiger partial charge in [0.15, 0.2) is 0 Å². The fraction of sp³-hybridized carbons (Fsp3) is 0.517. The summed E-state index contributed by atoms with van der Waals surface area (Å²) in [5.74, 6) is 0.834. The summed E-state index contributed by atoms with van der Waals surface area (Å²) in [6.07, 6.45) is 5.72. The van der Waals surface area contributed by atoms with Crippen LogP contribution in [0.5, 0.6) is 5.75 Å². The molecule has 1 atom stereocenters. The molecule has 1 saturated heterocycles. The molecule has 0 saturated carbocycles. The minimum Gasteiger partial charge on any atom is -0.491 e. The van der Waals surface area contributed by atoms with Crippen molar-refractivity contribution in [3.63, 3.8) is 0 Å². The molecule has 2 amide bonds. The molecule has 5 nitrogen and oxygen atoms in total. The third kappa shape index (κ3) is 6.22. The minimum atomic E-state index is -0.493. The van der Waals surface area contributed by atoms with E-state index < -0.39 is 11.2 Å². The number of hydrogen-bond acceptors (Lipinski definition) is 3. The Morgan fingerprint density at radius 1 is 1.11 bits per heavy atom. The third-order valence-corrected chi connectivity index (χ3v) is 7.42. The molecule has 188 valence electrons. The average molecular weight is 481 g/mol. The molecule has 1 N–H and O–H groups in total. The van der Waals surface area contributed by atoms with Crippen LogP contribution in [0.4, 0.5) is 4.39 Å². The van der Waals surface area contributed by atoms with E-state index >= 15 is 0 Å². The zero-order valence-corrected chi connectivity index (χ0v) is 20.9. The molecule has 2 aromatic rings. The van der Waals surface area contributed by atoms with Gasteiger partial charge in [-0.25, -0.2) is 4.39 Å². The maximum Gasteiger partial charge on any atom is 0.253 e. The summed E-state index contributed by atoms with van der Waals surface area (Å²) < 4.78 is 19.8. The molecule has 2 aromatic carbocycles.